The number of carbonyl (C=O) groups is 1. The maximum Gasteiger partial charge on any atom is 0.321 e. The molecule has 0 aromatic rings. The van der Waals surface area contributed by atoms with E-state index in [9.17, 15) is 13.2 Å². The molecule has 0 heterocycles. The first-order chi connectivity index (χ1) is 7.72. The Hall–Kier alpha value is -0.620. The number of esters is 1. The van der Waals surface area contributed by atoms with Gasteiger partial charge in [0, 0.05) is 0 Å². The molecule has 17 heavy (non-hydrogen) atoms. The van der Waals surface area contributed by atoms with Crippen molar-refractivity contribution in [2.75, 3.05) is 24.7 Å². The van der Waals surface area contributed by atoms with Gasteiger partial charge < -0.3 is 10.5 Å². The van der Waals surface area contributed by atoms with Crippen LogP contribution in [0, 0.1) is 5.41 Å². The fourth-order valence-corrected chi connectivity index (χ4v) is 2.50. The smallest absolute Gasteiger partial charge is 0.321 e. The van der Waals surface area contributed by atoms with Gasteiger partial charge in [-0.25, -0.2) is 8.42 Å². The maximum absolute atomic E-state index is 11.6. The zero-order valence-electron chi connectivity index (χ0n) is 10.9. The normalized spacial score (nSPS) is 12.5. The number of carbonyl (C=O) groups excluding carboxylic acids is 1. The van der Waals surface area contributed by atoms with Gasteiger partial charge in [0.2, 0.25) is 0 Å². The Bertz CT molecular complexity index is 335. The third-order valence-electron chi connectivity index (χ3n) is 2.50. The largest absolute Gasteiger partial charge is 0.465 e. The van der Waals surface area contributed by atoms with E-state index in [1.165, 1.54) is 0 Å². The third kappa shape index (κ3) is 8.15. The maximum atomic E-state index is 11.6. The fourth-order valence-electron chi connectivity index (χ4n) is 1.33. The summed E-state index contributed by atoms with van der Waals surface area (Å²) >= 11 is 0. The van der Waals surface area contributed by atoms with Crippen molar-refractivity contribution in [3.63, 3.8) is 0 Å². The van der Waals surface area contributed by atoms with Gasteiger partial charge in [0.05, 0.1) is 12.4 Å². The molecule has 0 aliphatic carbocycles. The molecule has 0 aromatic heterocycles. The van der Waals surface area contributed by atoms with Gasteiger partial charge >= 0.3 is 5.97 Å². The lowest BCUT2D eigenvalue weighted by Gasteiger charge is -2.21. The molecule has 0 unspecified atom stereocenters. The van der Waals surface area contributed by atoms with Gasteiger partial charge in [-0.2, -0.15) is 0 Å². The summed E-state index contributed by atoms with van der Waals surface area (Å²) in [7, 11) is -3.35. The van der Waals surface area contributed by atoms with E-state index >= 15 is 0 Å². The van der Waals surface area contributed by atoms with Crippen molar-refractivity contribution >= 4 is 15.8 Å². The Balaban J connectivity index is 4.07. The standard InChI is InChI=1S/C11H23NO4S/c1-4-16-10(13)8-17(14,15)7-5-6-11(2,3)9-12/h4-9,12H2,1-3H3. The van der Waals surface area contributed by atoms with Gasteiger partial charge in [0.15, 0.2) is 9.84 Å². The van der Waals surface area contributed by atoms with E-state index in [0.717, 1.165) is 6.42 Å². The molecule has 0 amide bonds. The molecule has 0 saturated heterocycles. The van der Waals surface area contributed by atoms with E-state index in [-0.39, 0.29) is 17.8 Å². The monoisotopic (exact) mass is 265 g/mol. The number of hydrogen-bond donors (Lipinski definition) is 1. The second-order valence-electron chi connectivity index (χ2n) is 4.87. The van der Waals surface area contributed by atoms with Crippen LogP contribution in [0.3, 0.4) is 0 Å². The summed E-state index contributed by atoms with van der Waals surface area (Å²) in [6.07, 6.45) is 1.25. The second-order valence-corrected chi connectivity index (χ2v) is 7.05. The van der Waals surface area contributed by atoms with E-state index in [2.05, 4.69) is 4.74 Å². The van der Waals surface area contributed by atoms with Crippen molar-refractivity contribution < 1.29 is 17.9 Å². The average Bonchev–Trinajstić information content (AvgIpc) is 2.16. The molecule has 0 aliphatic rings. The van der Waals surface area contributed by atoms with E-state index in [4.69, 9.17) is 5.73 Å². The predicted molar refractivity (Wildman–Crippen MR) is 67.4 cm³/mol. The van der Waals surface area contributed by atoms with Gasteiger partial charge in [-0.05, 0) is 31.7 Å². The molecule has 0 fully saturated rings. The predicted octanol–water partition coefficient (Wildman–Crippen LogP) is 0.729. The van der Waals surface area contributed by atoms with Crippen LogP contribution >= 0.6 is 0 Å². The topological polar surface area (TPSA) is 86.5 Å². The lowest BCUT2D eigenvalue weighted by atomic mass is 9.88. The summed E-state index contributed by atoms with van der Waals surface area (Å²) in [5.74, 6) is -1.19. The van der Waals surface area contributed by atoms with Crippen LogP contribution in [-0.4, -0.2) is 39.0 Å². The van der Waals surface area contributed by atoms with E-state index in [1.54, 1.807) is 6.92 Å². The van der Waals surface area contributed by atoms with Crippen LogP contribution in [0.1, 0.15) is 33.6 Å². The zero-order valence-corrected chi connectivity index (χ0v) is 11.7. The van der Waals surface area contributed by atoms with E-state index in [1.807, 2.05) is 13.8 Å². The van der Waals surface area contributed by atoms with E-state index < -0.39 is 21.6 Å². The molecule has 0 aliphatic heterocycles. The number of hydrogen-bond acceptors (Lipinski definition) is 5. The molecule has 0 spiro atoms. The highest BCUT2D eigenvalue weighted by Crippen LogP contribution is 2.20. The molecular weight excluding hydrogens is 242 g/mol. The molecule has 0 rings (SSSR count). The van der Waals surface area contributed by atoms with Crippen molar-refractivity contribution in [1.29, 1.82) is 0 Å². The van der Waals surface area contributed by atoms with Gasteiger partial charge in [0.25, 0.3) is 0 Å². The van der Waals surface area contributed by atoms with Crippen molar-refractivity contribution in [1.82, 2.24) is 0 Å². The van der Waals surface area contributed by atoms with Crippen molar-refractivity contribution in [2.24, 2.45) is 11.1 Å². The minimum absolute atomic E-state index is 0.00917. The average molecular weight is 265 g/mol. The molecule has 2 N–H and O–H groups in total. The molecule has 6 heteroatoms. The summed E-state index contributed by atoms with van der Waals surface area (Å²) in [5.41, 5.74) is 5.50. The van der Waals surface area contributed by atoms with Crippen molar-refractivity contribution in [2.45, 2.75) is 33.6 Å². The SMILES string of the molecule is CCOC(=O)CS(=O)(=O)CCCC(C)(C)CN. The molecule has 5 nitrogen and oxygen atoms in total. The Morgan fingerprint density at radius 1 is 1.35 bits per heavy atom. The molecule has 0 atom stereocenters. The Morgan fingerprint density at radius 3 is 2.41 bits per heavy atom. The van der Waals surface area contributed by atoms with Gasteiger partial charge in [-0.1, -0.05) is 13.8 Å². The summed E-state index contributed by atoms with van der Waals surface area (Å²) < 4.78 is 27.7. The fraction of sp³-hybridized carbons (Fsp3) is 0.909. The minimum atomic E-state index is -3.35. The number of rotatable bonds is 8. The number of ether oxygens (including phenoxy) is 1. The summed E-state index contributed by atoms with van der Waals surface area (Å²) in [5, 5.41) is 0. The molecule has 0 radical (unpaired) electrons. The van der Waals surface area contributed by atoms with Gasteiger partial charge in [-0.15, -0.1) is 0 Å². The van der Waals surface area contributed by atoms with Crippen LogP contribution in [0.25, 0.3) is 0 Å². The van der Waals surface area contributed by atoms with Gasteiger partial charge in [0.1, 0.15) is 5.75 Å². The first-order valence-electron chi connectivity index (χ1n) is 5.78. The summed E-state index contributed by atoms with van der Waals surface area (Å²) in [4.78, 5) is 11.1. The first-order valence-corrected chi connectivity index (χ1v) is 7.60. The molecular formula is C11H23NO4S. The minimum Gasteiger partial charge on any atom is -0.465 e. The van der Waals surface area contributed by atoms with Crippen molar-refractivity contribution in [3.05, 3.63) is 0 Å². The van der Waals surface area contributed by atoms with Crippen LogP contribution in [0.4, 0.5) is 0 Å². The van der Waals surface area contributed by atoms with Crippen LogP contribution in [0.15, 0.2) is 0 Å². The highest BCUT2D eigenvalue weighted by molar-refractivity contribution is 7.92. The van der Waals surface area contributed by atoms with Gasteiger partial charge in [-0.3, -0.25) is 4.79 Å². The molecule has 102 valence electrons. The molecule has 0 aromatic carbocycles. The highest BCUT2D eigenvalue weighted by Gasteiger charge is 2.20. The number of sulfone groups is 1. The third-order valence-corrected chi connectivity index (χ3v) is 4.09. The van der Waals surface area contributed by atoms with Crippen LogP contribution < -0.4 is 5.73 Å². The Morgan fingerprint density at radius 2 is 1.94 bits per heavy atom. The summed E-state index contributed by atoms with van der Waals surface area (Å²) in [6.45, 7) is 6.35. The lowest BCUT2D eigenvalue weighted by Crippen LogP contribution is -2.25. The lowest BCUT2D eigenvalue weighted by molar-refractivity contribution is -0.139. The zero-order chi connectivity index (χ0) is 13.5. The highest BCUT2D eigenvalue weighted by atomic mass is 32.2. The van der Waals surface area contributed by atoms with Crippen LogP contribution in [0.2, 0.25) is 0 Å². The Labute approximate surface area is 104 Å². The summed E-state index contributed by atoms with van der Waals surface area (Å²) in [6, 6.07) is 0. The van der Waals surface area contributed by atoms with Crippen molar-refractivity contribution in [3.8, 4) is 0 Å². The molecule has 0 saturated carbocycles. The Kier molecular flexibility index (Phi) is 6.70. The van der Waals surface area contributed by atoms with Crippen LogP contribution in [-0.2, 0) is 19.4 Å². The first kappa shape index (κ1) is 16.4. The molecule has 0 bridgehead atoms. The second kappa shape index (κ2) is 6.96. The van der Waals surface area contributed by atoms with E-state index in [0.29, 0.717) is 13.0 Å². The number of nitrogens with two attached hydrogens (primary N) is 1. The quantitative estimate of drug-likeness (QED) is 0.654. The van der Waals surface area contributed by atoms with Crippen LogP contribution in [0.5, 0.6) is 0 Å².